The summed E-state index contributed by atoms with van der Waals surface area (Å²) in [6, 6.07) is 12.3. The molecule has 8 heteroatoms. The van der Waals surface area contributed by atoms with E-state index in [1.807, 2.05) is 44.2 Å². The fourth-order valence-electron chi connectivity index (χ4n) is 3.06. The molecule has 0 atom stereocenters. The second kappa shape index (κ2) is 11.1. The molecule has 0 amide bonds. The van der Waals surface area contributed by atoms with Crippen LogP contribution in [0.25, 0.3) is 0 Å². The van der Waals surface area contributed by atoms with Gasteiger partial charge in [-0.2, -0.15) is 4.74 Å². The molecule has 2 aromatic carbocycles. The lowest BCUT2D eigenvalue weighted by Crippen LogP contribution is -3.04. The third-order valence-corrected chi connectivity index (χ3v) is 6.33. The molecule has 0 aliphatic heterocycles. The smallest absolute Gasteiger partial charge is 0.241 e. The van der Waals surface area contributed by atoms with Crippen LogP contribution in [0.5, 0.6) is 0 Å². The van der Waals surface area contributed by atoms with Crippen LogP contribution in [0.3, 0.4) is 0 Å². The highest BCUT2D eigenvalue weighted by atomic mass is 32.2. The third-order valence-electron chi connectivity index (χ3n) is 4.87. The van der Waals surface area contributed by atoms with Gasteiger partial charge in [0.15, 0.2) is 0 Å². The second-order valence-corrected chi connectivity index (χ2v) is 9.67. The highest BCUT2D eigenvalue weighted by Gasteiger charge is 2.19. The van der Waals surface area contributed by atoms with E-state index < -0.39 is 10.0 Å². The van der Waals surface area contributed by atoms with Crippen LogP contribution in [0.4, 0.5) is 17.1 Å². The lowest BCUT2D eigenvalue weighted by atomic mass is 10.1. The molecule has 0 aliphatic carbocycles. The fraction of sp³-hybridized carbons (Fsp3) is 0.348. The van der Waals surface area contributed by atoms with Crippen LogP contribution in [0.15, 0.2) is 59.0 Å². The maximum atomic E-state index is 12.6. The minimum atomic E-state index is -3.72. The molecule has 0 aromatic heterocycles. The van der Waals surface area contributed by atoms with Crippen molar-refractivity contribution in [2.75, 3.05) is 26.0 Å². The van der Waals surface area contributed by atoms with Gasteiger partial charge >= 0.3 is 0 Å². The summed E-state index contributed by atoms with van der Waals surface area (Å²) in [5.74, 6) is 0. The van der Waals surface area contributed by atoms with Crippen molar-refractivity contribution in [2.45, 2.75) is 38.1 Å². The van der Waals surface area contributed by atoms with Crippen molar-refractivity contribution in [3.05, 3.63) is 64.9 Å². The Morgan fingerprint density at radius 2 is 1.87 bits per heavy atom. The van der Waals surface area contributed by atoms with Crippen LogP contribution < -0.4 is 14.9 Å². The Balaban J connectivity index is 2.16. The molecule has 2 rings (SSSR count). The van der Waals surface area contributed by atoms with Crippen LogP contribution in [0, 0.1) is 5.21 Å². The topological polar surface area (TPSA) is 88.7 Å². The summed E-state index contributed by atoms with van der Waals surface area (Å²) in [7, 11) is 0.452. The normalized spacial score (nSPS) is 12.2. The van der Waals surface area contributed by atoms with Crippen LogP contribution in [0.2, 0.25) is 0 Å². The zero-order valence-corrected chi connectivity index (χ0v) is 19.6. The molecule has 7 nitrogen and oxygen atoms in total. The number of quaternary nitrogens is 1. The van der Waals surface area contributed by atoms with Crippen molar-refractivity contribution in [3.8, 4) is 0 Å². The summed E-state index contributed by atoms with van der Waals surface area (Å²) in [5.41, 5.74) is 3.85. The van der Waals surface area contributed by atoms with Crippen molar-refractivity contribution in [1.82, 2.24) is 4.72 Å². The molecule has 3 N–H and O–H groups in total. The minimum absolute atomic E-state index is 0.0320. The maximum absolute atomic E-state index is 12.6. The number of hydrogen-bond donors (Lipinski definition) is 3. The Morgan fingerprint density at radius 3 is 2.45 bits per heavy atom. The first kappa shape index (κ1) is 24.6. The lowest BCUT2D eigenvalue weighted by Gasteiger charge is -2.13. The molecule has 0 saturated carbocycles. The van der Waals surface area contributed by atoms with Gasteiger partial charge in [-0.1, -0.05) is 23.8 Å². The van der Waals surface area contributed by atoms with Gasteiger partial charge < -0.3 is 15.4 Å². The number of nitrogens with zero attached hydrogens (tertiary/aromatic N) is 1. The zero-order valence-electron chi connectivity index (χ0n) is 18.7. The zero-order chi connectivity index (χ0) is 23.0. The van der Waals surface area contributed by atoms with Crippen molar-refractivity contribution < 1.29 is 18.1 Å². The molecule has 2 aromatic rings. The average Bonchev–Trinajstić information content (AvgIpc) is 2.72. The fourth-order valence-corrected chi connectivity index (χ4v) is 4.16. The van der Waals surface area contributed by atoms with Gasteiger partial charge in [-0.25, -0.2) is 13.1 Å². The number of nitrogens with one attached hydrogen (secondary N) is 3. The summed E-state index contributed by atoms with van der Waals surface area (Å²) < 4.78 is 28.3. The Labute approximate surface area is 185 Å². The van der Waals surface area contributed by atoms with Gasteiger partial charge in [0.05, 0.1) is 19.0 Å². The van der Waals surface area contributed by atoms with E-state index in [4.69, 9.17) is 0 Å². The Hall–Kier alpha value is -2.68. The lowest BCUT2D eigenvalue weighted by molar-refractivity contribution is -0.872. The first-order valence-corrected chi connectivity index (χ1v) is 11.8. The quantitative estimate of drug-likeness (QED) is 0.124. The van der Waals surface area contributed by atoms with E-state index in [-0.39, 0.29) is 10.6 Å². The number of anilines is 2. The molecule has 0 heterocycles. The molecular weight excluding hydrogens is 412 g/mol. The molecule has 0 fully saturated rings. The van der Waals surface area contributed by atoms with E-state index in [0.29, 0.717) is 23.4 Å². The van der Waals surface area contributed by atoms with E-state index >= 15 is 0 Å². The van der Waals surface area contributed by atoms with Gasteiger partial charge in [0.1, 0.15) is 18.9 Å². The average molecular weight is 446 g/mol. The Kier molecular flexibility index (Phi) is 8.79. The predicted molar refractivity (Wildman–Crippen MR) is 127 cm³/mol. The highest BCUT2D eigenvalue weighted by molar-refractivity contribution is 7.89. The summed E-state index contributed by atoms with van der Waals surface area (Å²) in [5, 5.41) is 15.2. The van der Waals surface area contributed by atoms with Crippen LogP contribution in [-0.4, -0.2) is 40.5 Å². The van der Waals surface area contributed by atoms with Crippen LogP contribution in [0.1, 0.15) is 32.3 Å². The molecule has 0 saturated heterocycles. The standard InChI is InChI=1S/C23H32N4O3S/c1-6-18(2)8-7-15-24-31(29,30)21-13-14-22(23(16-21)27(5)28)25-20-11-9-19(10-12-20)17-26(3)4/h6,9-14,16,24-25H,5,7-8,15,17H2,1-4H3/p+1. The molecule has 0 radical (unpaired) electrons. The van der Waals surface area contributed by atoms with Gasteiger partial charge in [0.2, 0.25) is 15.7 Å². The first-order chi connectivity index (χ1) is 14.6. The van der Waals surface area contributed by atoms with Gasteiger partial charge in [-0.3, -0.25) is 0 Å². The van der Waals surface area contributed by atoms with E-state index in [1.165, 1.54) is 28.2 Å². The monoisotopic (exact) mass is 445 g/mol. The maximum Gasteiger partial charge on any atom is 0.241 e. The van der Waals surface area contributed by atoms with E-state index in [1.54, 1.807) is 6.07 Å². The summed E-state index contributed by atoms with van der Waals surface area (Å²) in [6.07, 6.45) is 3.55. The SMILES string of the molecule is C=[N+]([O-])c1cc(S(=O)(=O)NCCCC(C)=CC)ccc1Nc1ccc(C[NH+](C)C)cc1. The van der Waals surface area contributed by atoms with Crippen molar-refractivity contribution >= 4 is 33.8 Å². The highest BCUT2D eigenvalue weighted by Crippen LogP contribution is 2.30. The minimum Gasteiger partial charge on any atom is -0.619 e. The molecule has 0 aliphatic rings. The number of rotatable bonds is 11. The first-order valence-electron chi connectivity index (χ1n) is 10.3. The van der Waals surface area contributed by atoms with E-state index in [9.17, 15) is 13.6 Å². The van der Waals surface area contributed by atoms with Crippen molar-refractivity contribution in [1.29, 1.82) is 0 Å². The van der Waals surface area contributed by atoms with E-state index in [0.717, 1.165) is 18.7 Å². The summed E-state index contributed by atoms with van der Waals surface area (Å²) >= 11 is 0. The second-order valence-electron chi connectivity index (χ2n) is 7.90. The third kappa shape index (κ3) is 7.50. The molecule has 31 heavy (non-hydrogen) atoms. The van der Waals surface area contributed by atoms with Gasteiger partial charge in [0.25, 0.3) is 0 Å². The van der Waals surface area contributed by atoms with Gasteiger partial charge in [0, 0.05) is 23.9 Å². The number of benzene rings is 2. The van der Waals surface area contributed by atoms with Crippen LogP contribution >= 0.6 is 0 Å². The molecule has 0 unspecified atom stereocenters. The summed E-state index contributed by atoms with van der Waals surface area (Å²) in [6.45, 7) is 8.61. The molecule has 0 bridgehead atoms. The van der Waals surface area contributed by atoms with Crippen molar-refractivity contribution in [2.24, 2.45) is 0 Å². The van der Waals surface area contributed by atoms with E-state index in [2.05, 4.69) is 30.9 Å². The molecular formula is C23H33N4O3S+. The largest absolute Gasteiger partial charge is 0.619 e. The number of hydrogen-bond acceptors (Lipinski definition) is 4. The Bertz CT molecular complexity index is 1030. The van der Waals surface area contributed by atoms with Gasteiger partial charge in [-0.05, 0) is 51.0 Å². The number of sulfonamides is 1. The molecule has 168 valence electrons. The van der Waals surface area contributed by atoms with Gasteiger partial charge in [-0.15, -0.1) is 0 Å². The van der Waals surface area contributed by atoms with Crippen LogP contribution in [-0.2, 0) is 16.6 Å². The molecule has 0 spiro atoms. The summed E-state index contributed by atoms with van der Waals surface area (Å²) in [4.78, 5) is 1.36. The van der Waals surface area contributed by atoms with Crippen molar-refractivity contribution in [3.63, 3.8) is 0 Å². The predicted octanol–water partition coefficient (Wildman–Crippen LogP) is 2.94. The number of allylic oxidation sites excluding steroid dienone is 2. The Morgan fingerprint density at radius 1 is 1.19 bits per heavy atom.